The standard InChI is InChI=1S/C13H18FNO3/c1-13(2)17-8-10(18-13)7-15-6-9-4-3-5-11(14)12(9)16/h3-5,10,15-16H,6-8H2,1-2H3. The maximum absolute atomic E-state index is 13.1. The number of hydrogen-bond donors (Lipinski definition) is 2. The molecule has 0 bridgehead atoms. The molecule has 4 nitrogen and oxygen atoms in total. The molecular weight excluding hydrogens is 237 g/mol. The van der Waals surface area contributed by atoms with Crippen molar-refractivity contribution >= 4 is 0 Å². The first-order chi connectivity index (χ1) is 8.48. The second-order valence-electron chi connectivity index (χ2n) is 4.83. The van der Waals surface area contributed by atoms with Crippen molar-refractivity contribution in [2.75, 3.05) is 13.2 Å². The van der Waals surface area contributed by atoms with Gasteiger partial charge in [-0.15, -0.1) is 0 Å². The average molecular weight is 255 g/mol. The summed E-state index contributed by atoms with van der Waals surface area (Å²) < 4.78 is 24.1. The highest BCUT2D eigenvalue weighted by Crippen LogP contribution is 2.22. The lowest BCUT2D eigenvalue weighted by Crippen LogP contribution is -2.30. The highest BCUT2D eigenvalue weighted by molar-refractivity contribution is 5.33. The number of rotatable bonds is 4. The van der Waals surface area contributed by atoms with Crippen molar-refractivity contribution in [2.45, 2.75) is 32.3 Å². The van der Waals surface area contributed by atoms with Crippen LogP contribution < -0.4 is 5.32 Å². The van der Waals surface area contributed by atoms with Crippen molar-refractivity contribution in [2.24, 2.45) is 0 Å². The largest absolute Gasteiger partial charge is 0.505 e. The van der Waals surface area contributed by atoms with Crippen LogP contribution in [0.4, 0.5) is 4.39 Å². The Morgan fingerprint density at radius 3 is 2.94 bits per heavy atom. The van der Waals surface area contributed by atoms with Gasteiger partial charge in [-0.05, 0) is 19.9 Å². The van der Waals surface area contributed by atoms with Gasteiger partial charge in [0, 0.05) is 18.7 Å². The monoisotopic (exact) mass is 255 g/mol. The Bertz CT molecular complexity index is 423. The minimum atomic E-state index is -0.601. The molecule has 2 N–H and O–H groups in total. The van der Waals surface area contributed by atoms with Crippen LogP contribution in [0.3, 0.4) is 0 Å². The normalized spacial score (nSPS) is 22.3. The van der Waals surface area contributed by atoms with E-state index in [0.29, 0.717) is 25.3 Å². The summed E-state index contributed by atoms with van der Waals surface area (Å²) in [6.07, 6.45) is -0.0179. The Kier molecular flexibility index (Phi) is 3.85. The number of halogens is 1. The van der Waals surface area contributed by atoms with E-state index in [0.717, 1.165) is 0 Å². The molecule has 0 radical (unpaired) electrons. The van der Waals surface area contributed by atoms with E-state index in [2.05, 4.69) is 5.32 Å². The van der Waals surface area contributed by atoms with Crippen LogP contribution in [-0.2, 0) is 16.0 Å². The van der Waals surface area contributed by atoms with E-state index >= 15 is 0 Å². The van der Waals surface area contributed by atoms with Gasteiger partial charge in [0.05, 0.1) is 12.7 Å². The van der Waals surface area contributed by atoms with Crippen molar-refractivity contribution in [1.29, 1.82) is 0 Å². The first kappa shape index (κ1) is 13.3. The summed E-state index contributed by atoms with van der Waals surface area (Å²) in [7, 11) is 0. The van der Waals surface area contributed by atoms with Crippen LogP contribution in [0.5, 0.6) is 5.75 Å². The van der Waals surface area contributed by atoms with E-state index in [1.54, 1.807) is 12.1 Å². The van der Waals surface area contributed by atoms with Gasteiger partial charge >= 0.3 is 0 Å². The summed E-state index contributed by atoms with van der Waals surface area (Å²) in [6.45, 7) is 5.26. The van der Waals surface area contributed by atoms with Crippen LogP contribution in [0.1, 0.15) is 19.4 Å². The first-order valence-corrected chi connectivity index (χ1v) is 5.97. The van der Waals surface area contributed by atoms with E-state index in [1.165, 1.54) is 6.07 Å². The quantitative estimate of drug-likeness (QED) is 0.861. The van der Waals surface area contributed by atoms with Gasteiger partial charge in [-0.2, -0.15) is 0 Å². The van der Waals surface area contributed by atoms with E-state index in [4.69, 9.17) is 9.47 Å². The van der Waals surface area contributed by atoms with Crippen LogP contribution in [0.25, 0.3) is 0 Å². The minimum absolute atomic E-state index is 0.0179. The number of phenols is 1. The number of aromatic hydroxyl groups is 1. The summed E-state index contributed by atoms with van der Waals surface area (Å²) in [6, 6.07) is 4.49. The fourth-order valence-corrected chi connectivity index (χ4v) is 1.93. The second kappa shape index (κ2) is 5.22. The van der Waals surface area contributed by atoms with Crippen molar-refractivity contribution < 1.29 is 19.0 Å². The fraction of sp³-hybridized carbons (Fsp3) is 0.538. The van der Waals surface area contributed by atoms with Crippen molar-refractivity contribution in [3.8, 4) is 5.75 Å². The first-order valence-electron chi connectivity index (χ1n) is 5.97. The molecule has 5 heteroatoms. The van der Waals surface area contributed by atoms with Gasteiger partial charge in [-0.1, -0.05) is 12.1 Å². The van der Waals surface area contributed by atoms with E-state index in [1.807, 2.05) is 13.8 Å². The zero-order chi connectivity index (χ0) is 13.2. The number of phenolic OH excluding ortho intramolecular Hbond substituents is 1. The second-order valence-corrected chi connectivity index (χ2v) is 4.83. The molecule has 0 amide bonds. The SMILES string of the molecule is CC1(C)OCC(CNCc2cccc(F)c2O)O1. The zero-order valence-corrected chi connectivity index (χ0v) is 10.6. The number of para-hydroxylation sites is 1. The predicted octanol–water partition coefficient (Wildman–Crippen LogP) is 1.77. The van der Waals surface area contributed by atoms with Gasteiger partial charge in [0.15, 0.2) is 17.4 Å². The van der Waals surface area contributed by atoms with Gasteiger partial charge in [0.1, 0.15) is 0 Å². The highest BCUT2D eigenvalue weighted by atomic mass is 19.1. The van der Waals surface area contributed by atoms with Crippen LogP contribution >= 0.6 is 0 Å². The molecule has 1 aromatic rings. The Hall–Kier alpha value is -1.17. The molecule has 100 valence electrons. The highest BCUT2D eigenvalue weighted by Gasteiger charge is 2.32. The zero-order valence-electron chi connectivity index (χ0n) is 10.6. The summed E-state index contributed by atoms with van der Waals surface area (Å²) in [5, 5.41) is 12.6. The molecule has 1 aliphatic rings. The van der Waals surface area contributed by atoms with E-state index in [-0.39, 0.29) is 11.9 Å². The molecular formula is C13H18FNO3. The van der Waals surface area contributed by atoms with Gasteiger partial charge < -0.3 is 19.9 Å². The lowest BCUT2D eigenvalue weighted by atomic mass is 10.2. The van der Waals surface area contributed by atoms with Gasteiger partial charge in [-0.3, -0.25) is 0 Å². The molecule has 1 atom stereocenters. The number of ether oxygens (including phenoxy) is 2. The molecule has 1 unspecified atom stereocenters. The van der Waals surface area contributed by atoms with Crippen LogP contribution in [0.2, 0.25) is 0 Å². The Morgan fingerprint density at radius 2 is 2.28 bits per heavy atom. The Balaban J connectivity index is 1.81. The van der Waals surface area contributed by atoms with Crippen LogP contribution in [0, 0.1) is 5.82 Å². The third-order valence-electron chi connectivity index (χ3n) is 2.83. The molecule has 1 aromatic carbocycles. The maximum atomic E-state index is 13.1. The molecule has 0 saturated carbocycles. The molecule has 0 aliphatic carbocycles. The number of hydrogen-bond acceptors (Lipinski definition) is 4. The summed E-state index contributed by atoms with van der Waals surface area (Å²) in [5.41, 5.74) is 0.535. The van der Waals surface area contributed by atoms with Crippen molar-refractivity contribution in [3.63, 3.8) is 0 Å². The molecule has 1 saturated heterocycles. The number of nitrogens with one attached hydrogen (secondary N) is 1. The molecule has 0 aromatic heterocycles. The topological polar surface area (TPSA) is 50.7 Å². The van der Waals surface area contributed by atoms with Crippen molar-refractivity contribution in [1.82, 2.24) is 5.32 Å². The molecule has 1 fully saturated rings. The Morgan fingerprint density at radius 1 is 1.50 bits per heavy atom. The van der Waals surface area contributed by atoms with Crippen LogP contribution in [0.15, 0.2) is 18.2 Å². The third kappa shape index (κ3) is 3.19. The lowest BCUT2D eigenvalue weighted by molar-refractivity contribution is -0.137. The summed E-state index contributed by atoms with van der Waals surface area (Å²) in [5.74, 6) is -1.43. The van der Waals surface area contributed by atoms with Crippen LogP contribution in [-0.4, -0.2) is 30.1 Å². The number of benzene rings is 1. The molecule has 1 aliphatic heterocycles. The van der Waals surface area contributed by atoms with Gasteiger partial charge in [0.2, 0.25) is 0 Å². The maximum Gasteiger partial charge on any atom is 0.165 e. The molecule has 1 heterocycles. The van der Waals surface area contributed by atoms with Gasteiger partial charge in [-0.25, -0.2) is 4.39 Å². The predicted molar refractivity (Wildman–Crippen MR) is 64.7 cm³/mol. The third-order valence-corrected chi connectivity index (χ3v) is 2.83. The smallest absolute Gasteiger partial charge is 0.165 e. The van der Waals surface area contributed by atoms with E-state index in [9.17, 15) is 9.50 Å². The molecule has 18 heavy (non-hydrogen) atoms. The average Bonchev–Trinajstić information content (AvgIpc) is 2.64. The van der Waals surface area contributed by atoms with Crippen molar-refractivity contribution in [3.05, 3.63) is 29.6 Å². The summed E-state index contributed by atoms with van der Waals surface area (Å²) >= 11 is 0. The van der Waals surface area contributed by atoms with E-state index < -0.39 is 11.6 Å². The minimum Gasteiger partial charge on any atom is -0.505 e. The fourth-order valence-electron chi connectivity index (χ4n) is 1.93. The van der Waals surface area contributed by atoms with Gasteiger partial charge in [0.25, 0.3) is 0 Å². The molecule has 0 spiro atoms. The Labute approximate surface area is 106 Å². The molecule has 2 rings (SSSR count). The summed E-state index contributed by atoms with van der Waals surface area (Å²) in [4.78, 5) is 0. The lowest BCUT2D eigenvalue weighted by Gasteiger charge is -2.17.